The van der Waals surface area contributed by atoms with E-state index < -0.39 is 60.2 Å². The molecule has 2 aromatic rings. The fourth-order valence-corrected chi connectivity index (χ4v) is 5.57. The van der Waals surface area contributed by atoms with Gasteiger partial charge < -0.3 is 49.1 Å². The number of nitrogen functional groups attached to an aromatic ring is 1. The molecule has 2 aromatic heterocycles. The maximum atomic E-state index is 11.8. The van der Waals surface area contributed by atoms with Gasteiger partial charge in [0.1, 0.15) is 18.3 Å². The number of phosphoric acid groups is 3. The number of ether oxygens (including phenoxy) is 1. The summed E-state index contributed by atoms with van der Waals surface area (Å²) in [6.45, 7) is -1.12. The fraction of sp³-hybridized carbons (Fsp3) is 0.500. The van der Waals surface area contributed by atoms with Crippen LogP contribution in [0.4, 0.5) is 5.95 Å². The number of nitrogens with zero attached hydrogens (tertiary/aromatic N) is 3. The second-order valence-electron chi connectivity index (χ2n) is 6.14. The van der Waals surface area contributed by atoms with Gasteiger partial charge in [-0.1, -0.05) is 0 Å². The van der Waals surface area contributed by atoms with Gasteiger partial charge in [0, 0.05) is 0 Å². The van der Waals surface area contributed by atoms with Crippen LogP contribution in [0.2, 0.25) is 0 Å². The number of imidazole rings is 1. The molecule has 0 bridgehead atoms. The van der Waals surface area contributed by atoms with E-state index in [0.717, 1.165) is 10.9 Å². The van der Waals surface area contributed by atoms with E-state index in [9.17, 15) is 43.4 Å². The van der Waals surface area contributed by atoms with Crippen LogP contribution >= 0.6 is 23.5 Å². The number of phosphoric ester groups is 1. The number of nitrogens with two attached hydrogens (primary N) is 1. The molecule has 3 unspecified atom stereocenters. The minimum absolute atomic E-state index is 0. The zero-order valence-electron chi connectivity index (χ0n) is 21.2. The van der Waals surface area contributed by atoms with E-state index in [0.29, 0.717) is 0 Å². The van der Waals surface area contributed by atoms with Crippen molar-refractivity contribution in [2.75, 3.05) is 12.3 Å². The zero-order chi connectivity index (χ0) is 24.1. The number of nitrogens with one attached hydrogen (secondary N) is 1. The van der Waals surface area contributed by atoms with Gasteiger partial charge in [-0.3, -0.25) is 28.0 Å². The van der Waals surface area contributed by atoms with E-state index in [1.54, 1.807) is 0 Å². The summed E-state index contributed by atoms with van der Waals surface area (Å²) in [5.74, 6) is -0.295. The summed E-state index contributed by atoms with van der Waals surface area (Å²) in [7, 11) is -17.8. The molecule has 35 heavy (non-hydrogen) atoms. The van der Waals surface area contributed by atoms with Crippen molar-refractivity contribution in [1.29, 1.82) is 0 Å². The Morgan fingerprint density at radius 3 is 2.31 bits per heavy atom. The summed E-state index contributed by atoms with van der Waals surface area (Å²) >= 11 is 0. The van der Waals surface area contributed by atoms with Crippen LogP contribution in [0, 0.1) is 0 Å². The predicted molar refractivity (Wildman–Crippen MR) is 95.0 cm³/mol. The van der Waals surface area contributed by atoms with Gasteiger partial charge in [0.15, 0.2) is 17.4 Å². The van der Waals surface area contributed by atoms with Crippen molar-refractivity contribution in [3.63, 3.8) is 0 Å². The van der Waals surface area contributed by atoms with Gasteiger partial charge in [-0.05, 0) is 0 Å². The minimum atomic E-state index is -6.11. The third kappa shape index (κ3) is 9.54. The Bertz CT molecular complexity index is 1240. The molecule has 1 fully saturated rings. The summed E-state index contributed by atoms with van der Waals surface area (Å²) in [6.07, 6.45) is -5.57. The van der Waals surface area contributed by atoms with Crippen molar-refractivity contribution in [1.82, 2.24) is 19.5 Å². The van der Waals surface area contributed by atoms with Crippen LogP contribution in [-0.2, 0) is 31.6 Å². The van der Waals surface area contributed by atoms with Crippen molar-refractivity contribution in [2.45, 2.75) is 24.5 Å². The smallest absolute Gasteiger partial charge is 1.00 e. The fourth-order valence-electron chi connectivity index (χ4n) is 2.68. The monoisotopic (exact) mass is 592 g/mol. The van der Waals surface area contributed by atoms with E-state index in [1.165, 1.54) is 0 Å². The molecule has 3 rings (SSSR count). The van der Waals surface area contributed by atoms with Crippen LogP contribution < -0.4 is 115 Å². The molecule has 1 saturated heterocycles. The molecule has 0 aromatic carbocycles. The summed E-state index contributed by atoms with van der Waals surface area (Å²) in [4.78, 5) is 63.2. The molecule has 0 amide bonds. The molecule has 0 saturated carbocycles. The van der Waals surface area contributed by atoms with E-state index in [-0.39, 0.29) is 110 Å². The van der Waals surface area contributed by atoms with Crippen LogP contribution in [0.3, 0.4) is 0 Å². The number of aliphatic hydroxyl groups is 2. The number of aromatic nitrogens is 4. The molecule has 1 aliphatic rings. The van der Waals surface area contributed by atoms with Crippen molar-refractivity contribution in [2.24, 2.45) is 0 Å². The number of aromatic amines is 1. The van der Waals surface area contributed by atoms with E-state index >= 15 is 0 Å². The summed E-state index contributed by atoms with van der Waals surface area (Å²) in [5.41, 5.74) is 4.41. The third-order valence-corrected chi connectivity index (χ3v) is 7.55. The molecule has 6 N–H and O–H groups in total. The molecule has 0 aliphatic carbocycles. The molecular weight excluding hydrogens is 576 g/mol. The van der Waals surface area contributed by atoms with Crippen LogP contribution in [0.15, 0.2) is 11.1 Å². The summed E-state index contributed by atoms with van der Waals surface area (Å²) < 4.78 is 50.3. The van der Waals surface area contributed by atoms with Crippen LogP contribution in [-0.4, -0.2) is 59.5 Å². The Morgan fingerprint density at radius 2 is 1.74 bits per heavy atom. The zero-order valence-corrected chi connectivity index (χ0v) is 26.9. The van der Waals surface area contributed by atoms with Crippen molar-refractivity contribution in [3.8, 4) is 0 Å². The average Bonchev–Trinajstić information content (AvgIpc) is 3.12. The molecule has 7 atom stereocenters. The standard InChI is InChI=1S/C10H16N5O14P3.3Na.3H/c11-10-13-7-4(8(18)14-10)12-2-15(7)9-6(17)5(16)3(27-9)1-26-31(22,23)29-32(24,25)28-30(19,20)21;;;;;;/h2-3,5-6,9,16-17H,1H2,(H,22,23)(H,24,25)(H2,19,20,21)(H3,11,13,14,18);;;;;;/q;3*+1;3*-1/p-3/t3-,5-,6-,9-;;;;;;/m1....../s1. The number of aliphatic hydroxyl groups excluding tert-OH is 2. The maximum absolute atomic E-state index is 11.8. The largest absolute Gasteiger partial charge is 1.00 e. The Kier molecular flexibility index (Phi) is 14.2. The van der Waals surface area contributed by atoms with Gasteiger partial charge in [-0.15, -0.1) is 0 Å². The Morgan fingerprint density at radius 1 is 1.14 bits per heavy atom. The van der Waals surface area contributed by atoms with Gasteiger partial charge in [0.25, 0.3) is 29.0 Å². The van der Waals surface area contributed by atoms with Gasteiger partial charge in [0.05, 0.1) is 12.9 Å². The quantitative estimate of drug-likeness (QED) is 0.140. The first kappa shape index (κ1) is 36.4. The van der Waals surface area contributed by atoms with Gasteiger partial charge in [-0.25, -0.2) is 13.6 Å². The molecular formula is C10H16N5Na3O14P3-3. The van der Waals surface area contributed by atoms with Crippen LogP contribution in [0.25, 0.3) is 11.2 Å². The summed E-state index contributed by atoms with van der Waals surface area (Å²) in [6, 6.07) is 0. The molecule has 3 heterocycles. The number of hydrogen-bond donors (Lipinski definition) is 5. The number of anilines is 1. The van der Waals surface area contributed by atoms with Crippen LogP contribution in [0.1, 0.15) is 10.5 Å². The second kappa shape index (κ2) is 13.7. The number of hydrogen-bond acceptors (Lipinski definition) is 16. The Labute approximate surface area is 265 Å². The number of fused-ring (bicyclic) bond motifs is 1. The second-order valence-corrected chi connectivity index (χ2v) is 10.4. The van der Waals surface area contributed by atoms with Crippen molar-refractivity contribution >= 4 is 40.6 Å². The van der Waals surface area contributed by atoms with Crippen molar-refractivity contribution in [3.05, 3.63) is 16.7 Å². The van der Waals surface area contributed by atoms with E-state index in [2.05, 4.69) is 28.1 Å². The van der Waals surface area contributed by atoms with Gasteiger partial charge in [0.2, 0.25) is 5.95 Å². The molecule has 1 aliphatic heterocycles. The Balaban J connectivity index is -0.000000963. The maximum Gasteiger partial charge on any atom is 1.00 e. The first-order valence-corrected chi connectivity index (χ1v) is 12.5. The summed E-state index contributed by atoms with van der Waals surface area (Å²) in [5, 5.41) is 20.3. The molecule has 19 nitrogen and oxygen atoms in total. The molecule has 0 spiro atoms. The SMILES string of the molecule is Nc1nc2c(ncn2[C@@H]2O[C@H](COP(=O)([O-])OP(=O)([O-])OP(=O)([O-])O)[C@@H](O)[C@H]2O)c(=O)[nH]1.[H-].[H-].[H-].[Na+].[Na+].[Na+]. The number of rotatable bonds is 8. The average molecular weight is 592 g/mol. The van der Waals surface area contributed by atoms with Crippen LogP contribution in [0.5, 0.6) is 0 Å². The molecule has 186 valence electrons. The normalized spacial score (nSPS) is 26.9. The Hall–Kier alpha value is 1.44. The van der Waals surface area contributed by atoms with E-state index in [1.807, 2.05) is 0 Å². The molecule has 0 radical (unpaired) electrons. The van der Waals surface area contributed by atoms with E-state index in [4.69, 9.17) is 15.4 Å². The minimum Gasteiger partial charge on any atom is -1.00 e. The van der Waals surface area contributed by atoms with Crippen molar-refractivity contribution < 1.29 is 154 Å². The van der Waals surface area contributed by atoms with Gasteiger partial charge >= 0.3 is 88.7 Å². The van der Waals surface area contributed by atoms with Gasteiger partial charge in [-0.2, -0.15) is 4.98 Å². The third-order valence-electron chi connectivity index (χ3n) is 3.86. The number of H-pyrrole nitrogens is 1. The molecule has 25 heteroatoms. The first-order chi connectivity index (χ1) is 14.6. The topological polar surface area (TPSA) is 308 Å². The predicted octanol–water partition coefficient (Wildman–Crippen LogP) is -12.9. The first-order valence-electron chi connectivity index (χ1n) is 8.05.